The Balaban J connectivity index is 2.13. The molecule has 0 fully saturated rings. The van der Waals surface area contributed by atoms with E-state index in [9.17, 15) is 14.5 Å². The maximum absolute atomic E-state index is 13.1. The van der Waals surface area contributed by atoms with Gasteiger partial charge in [-0.25, -0.2) is 4.98 Å². The Morgan fingerprint density at radius 1 is 1.56 bits per heavy atom. The normalized spacial score (nSPS) is 10.3. The number of rotatable bonds is 4. The van der Waals surface area contributed by atoms with Crippen LogP contribution in [-0.4, -0.2) is 9.91 Å². The largest absolute Gasteiger partial charge is 0.380 e. The highest BCUT2D eigenvalue weighted by Gasteiger charge is 2.14. The molecule has 0 aliphatic heterocycles. The predicted octanol–water partition coefficient (Wildman–Crippen LogP) is 3.11. The monoisotopic (exact) mass is 267 g/mol. The fraction of sp³-hybridized carbons (Fsp3) is 0.182. The van der Waals surface area contributed by atoms with E-state index in [4.69, 9.17) is 0 Å². The van der Waals surface area contributed by atoms with Crippen molar-refractivity contribution in [2.75, 3.05) is 5.32 Å². The van der Waals surface area contributed by atoms with Crippen LogP contribution in [0.1, 0.15) is 10.6 Å². The van der Waals surface area contributed by atoms with Crippen LogP contribution in [0, 0.1) is 22.9 Å². The summed E-state index contributed by atoms with van der Waals surface area (Å²) < 4.78 is 13.1. The molecule has 0 aliphatic carbocycles. The molecule has 1 heterocycles. The summed E-state index contributed by atoms with van der Waals surface area (Å²) in [7, 11) is 0. The summed E-state index contributed by atoms with van der Waals surface area (Å²) in [4.78, 5) is 15.0. The molecule has 1 aromatic heterocycles. The van der Waals surface area contributed by atoms with Gasteiger partial charge in [0, 0.05) is 16.6 Å². The third-order valence-corrected chi connectivity index (χ3v) is 3.38. The Labute approximate surface area is 106 Å². The Hall–Kier alpha value is -2.02. The maximum atomic E-state index is 13.1. The summed E-state index contributed by atoms with van der Waals surface area (Å²) >= 11 is 1.50. The van der Waals surface area contributed by atoms with Gasteiger partial charge in [-0.1, -0.05) is 0 Å². The summed E-state index contributed by atoms with van der Waals surface area (Å²) in [6.07, 6.45) is 0. The van der Waals surface area contributed by atoms with Crippen molar-refractivity contribution < 1.29 is 9.31 Å². The third-order valence-electron chi connectivity index (χ3n) is 2.44. The molecule has 18 heavy (non-hydrogen) atoms. The van der Waals surface area contributed by atoms with Crippen molar-refractivity contribution in [1.82, 2.24) is 4.98 Å². The number of nitrogens with one attached hydrogen (secondary N) is 1. The van der Waals surface area contributed by atoms with Crippen LogP contribution in [0.15, 0.2) is 23.7 Å². The van der Waals surface area contributed by atoms with Crippen LogP contribution >= 0.6 is 11.3 Å². The molecule has 0 radical (unpaired) electrons. The lowest BCUT2D eigenvalue weighted by atomic mass is 10.2. The number of halogens is 1. The van der Waals surface area contributed by atoms with E-state index in [1.54, 1.807) is 5.51 Å². The van der Waals surface area contributed by atoms with E-state index < -0.39 is 16.4 Å². The fourth-order valence-electron chi connectivity index (χ4n) is 1.44. The third kappa shape index (κ3) is 2.62. The van der Waals surface area contributed by atoms with Crippen LogP contribution in [-0.2, 0) is 6.54 Å². The van der Waals surface area contributed by atoms with Gasteiger partial charge in [0.1, 0.15) is 0 Å². The zero-order chi connectivity index (χ0) is 13.1. The fourth-order valence-corrected chi connectivity index (χ4v) is 2.16. The summed E-state index contributed by atoms with van der Waals surface area (Å²) in [6.45, 7) is 2.40. The van der Waals surface area contributed by atoms with E-state index in [0.29, 0.717) is 12.2 Å². The minimum Gasteiger partial charge on any atom is -0.380 e. The first kappa shape index (κ1) is 12.4. The van der Waals surface area contributed by atoms with Crippen molar-refractivity contribution in [2.24, 2.45) is 0 Å². The molecule has 0 saturated carbocycles. The van der Waals surface area contributed by atoms with Crippen LogP contribution in [0.2, 0.25) is 0 Å². The number of aromatic nitrogens is 1. The molecule has 0 amide bonds. The van der Waals surface area contributed by atoms with Gasteiger partial charge in [0.25, 0.3) is 0 Å². The Morgan fingerprint density at radius 3 is 2.94 bits per heavy atom. The molecule has 7 heteroatoms. The minimum atomic E-state index is -0.834. The number of nitro groups is 1. The van der Waals surface area contributed by atoms with Gasteiger partial charge in [-0.3, -0.25) is 10.1 Å². The molecule has 0 bridgehead atoms. The van der Waals surface area contributed by atoms with E-state index in [1.165, 1.54) is 23.5 Å². The highest BCUT2D eigenvalue weighted by atomic mass is 32.1. The highest BCUT2D eigenvalue weighted by Crippen LogP contribution is 2.22. The molecule has 1 aromatic carbocycles. The molecule has 0 atom stereocenters. The van der Waals surface area contributed by atoms with Crippen LogP contribution in [0.4, 0.5) is 15.8 Å². The first-order valence-corrected chi connectivity index (χ1v) is 6.02. The number of thiazole rings is 1. The number of nitro benzene ring substituents is 1. The quantitative estimate of drug-likeness (QED) is 0.682. The van der Waals surface area contributed by atoms with Gasteiger partial charge in [-0.15, -0.1) is 11.3 Å². The van der Waals surface area contributed by atoms with Crippen LogP contribution < -0.4 is 5.32 Å². The van der Waals surface area contributed by atoms with Gasteiger partial charge in [-0.2, -0.15) is 4.39 Å². The van der Waals surface area contributed by atoms with Gasteiger partial charge in [0.05, 0.1) is 22.7 Å². The Kier molecular flexibility index (Phi) is 3.52. The molecule has 5 nitrogen and oxygen atoms in total. The molecular formula is C11H10FN3O2S. The second-order valence-electron chi connectivity index (χ2n) is 3.64. The average molecular weight is 267 g/mol. The lowest BCUT2D eigenvalue weighted by Crippen LogP contribution is -2.01. The van der Waals surface area contributed by atoms with Crippen molar-refractivity contribution in [3.63, 3.8) is 0 Å². The SMILES string of the molecule is Cc1ncsc1CNc1ccc(F)c([N+](=O)[O-])c1. The summed E-state index contributed by atoms with van der Waals surface area (Å²) in [5.74, 6) is -0.834. The van der Waals surface area contributed by atoms with Gasteiger partial charge in [-0.05, 0) is 19.1 Å². The number of aryl methyl sites for hydroxylation is 1. The number of hydrogen-bond acceptors (Lipinski definition) is 5. The van der Waals surface area contributed by atoms with E-state index in [1.807, 2.05) is 6.92 Å². The van der Waals surface area contributed by atoms with Crippen molar-refractivity contribution in [3.8, 4) is 0 Å². The van der Waals surface area contributed by atoms with Crippen LogP contribution in [0.5, 0.6) is 0 Å². The van der Waals surface area contributed by atoms with Gasteiger partial charge < -0.3 is 5.32 Å². The lowest BCUT2D eigenvalue weighted by molar-refractivity contribution is -0.387. The number of anilines is 1. The average Bonchev–Trinajstić information content (AvgIpc) is 2.73. The highest BCUT2D eigenvalue weighted by molar-refractivity contribution is 7.09. The molecule has 2 aromatic rings. The first-order chi connectivity index (χ1) is 8.58. The maximum Gasteiger partial charge on any atom is 0.306 e. The van der Waals surface area contributed by atoms with E-state index in [2.05, 4.69) is 10.3 Å². The topological polar surface area (TPSA) is 68.1 Å². The zero-order valence-electron chi connectivity index (χ0n) is 9.51. The van der Waals surface area contributed by atoms with Crippen LogP contribution in [0.3, 0.4) is 0 Å². The molecular weight excluding hydrogens is 257 g/mol. The lowest BCUT2D eigenvalue weighted by Gasteiger charge is -2.05. The molecule has 0 aliphatic rings. The second-order valence-corrected chi connectivity index (χ2v) is 4.58. The first-order valence-electron chi connectivity index (χ1n) is 5.14. The zero-order valence-corrected chi connectivity index (χ0v) is 10.3. The minimum absolute atomic E-state index is 0.510. The standard InChI is InChI=1S/C11H10FN3O2S/c1-7-11(18-6-14-7)5-13-8-2-3-9(12)10(4-8)15(16)17/h2-4,6,13H,5H2,1H3. The molecule has 1 N–H and O–H groups in total. The summed E-state index contributed by atoms with van der Waals surface area (Å²) in [5, 5.41) is 13.6. The smallest absolute Gasteiger partial charge is 0.306 e. The van der Waals surface area contributed by atoms with Crippen molar-refractivity contribution in [3.05, 3.63) is 50.2 Å². The van der Waals surface area contributed by atoms with E-state index >= 15 is 0 Å². The van der Waals surface area contributed by atoms with E-state index in [0.717, 1.165) is 16.6 Å². The second kappa shape index (κ2) is 5.09. The van der Waals surface area contributed by atoms with Gasteiger partial charge >= 0.3 is 5.69 Å². The summed E-state index contributed by atoms with van der Waals surface area (Å²) in [5.41, 5.74) is 2.64. The van der Waals surface area contributed by atoms with Gasteiger partial charge in [0.2, 0.25) is 5.82 Å². The molecule has 2 rings (SSSR count). The van der Waals surface area contributed by atoms with E-state index in [-0.39, 0.29) is 0 Å². The molecule has 94 valence electrons. The molecule has 0 unspecified atom stereocenters. The van der Waals surface area contributed by atoms with Crippen molar-refractivity contribution in [2.45, 2.75) is 13.5 Å². The molecule has 0 spiro atoms. The van der Waals surface area contributed by atoms with Crippen molar-refractivity contribution >= 4 is 22.7 Å². The molecule has 0 saturated heterocycles. The van der Waals surface area contributed by atoms with Gasteiger partial charge in [0.15, 0.2) is 0 Å². The number of hydrogen-bond donors (Lipinski definition) is 1. The number of nitrogens with zero attached hydrogens (tertiary/aromatic N) is 2. The van der Waals surface area contributed by atoms with Crippen LogP contribution in [0.25, 0.3) is 0 Å². The Bertz CT molecular complexity index is 585. The van der Waals surface area contributed by atoms with Crippen molar-refractivity contribution in [1.29, 1.82) is 0 Å². The number of benzene rings is 1. The summed E-state index contributed by atoms with van der Waals surface area (Å²) in [6, 6.07) is 3.74. The Morgan fingerprint density at radius 2 is 2.33 bits per heavy atom. The predicted molar refractivity (Wildman–Crippen MR) is 67.2 cm³/mol.